The highest BCUT2D eigenvalue weighted by Crippen LogP contribution is 2.26. The highest BCUT2D eigenvalue weighted by molar-refractivity contribution is 5.83. The molecule has 3 rings (SSSR count). The predicted octanol–water partition coefficient (Wildman–Crippen LogP) is 2.26. The van der Waals surface area contributed by atoms with Gasteiger partial charge in [-0.2, -0.15) is 0 Å². The highest BCUT2D eigenvalue weighted by Gasteiger charge is 2.13. The van der Waals surface area contributed by atoms with Crippen molar-refractivity contribution >= 4 is 10.9 Å². The number of hydrogen-bond acceptors (Lipinski definition) is 2. The fourth-order valence-electron chi connectivity index (χ4n) is 1.83. The van der Waals surface area contributed by atoms with Crippen molar-refractivity contribution in [3.8, 4) is 0 Å². The summed E-state index contributed by atoms with van der Waals surface area (Å²) in [7, 11) is 0. The van der Waals surface area contributed by atoms with E-state index in [2.05, 4.69) is 23.2 Å². The van der Waals surface area contributed by atoms with Crippen LogP contribution < -0.4 is 0 Å². The number of ether oxygens (including phenoxy) is 1. The van der Waals surface area contributed by atoms with Gasteiger partial charge in [0.05, 0.1) is 18.7 Å². The fraction of sp³-hybridized carbons (Fsp3) is 0.182. The van der Waals surface area contributed by atoms with Gasteiger partial charge >= 0.3 is 0 Å². The van der Waals surface area contributed by atoms with Gasteiger partial charge in [-0.1, -0.05) is 12.1 Å². The zero-order valence-corrected chi connectivity index (χ0v) is 7.16. The maximum atomic E-state index is 5.40. The van der Waals surface area contributed by atoms with Crippen LogP contribution in [0.2, 0.25) is 0 Å². The lowest BCUT2D eigenvalue weighted by atomic mass is 10.0. The average molecular weight is 171 g/mol. The lowest BCUT2D eigenvalue weighted by molar-refractivity contribution is 0.135. The van der Waals surface area contributed by atoms with E-state index in [1.807, 2.05) is 12.3 Å². The van der Waals surface area contributed by atoms with E-state index in [-0.39, 0.29) is 0 Å². The molecule has 0 saturated heterocycles. The highest BCUT2D eigenvalue weighted by atomic mass is 16.5. The van der Waals surface area contributed by atoms with Crippen molar-refractivity contribution in [2.45, 2.75) is 13.2 Å². The second-order valence-electron chi connectivity index (χ2n) is 3.27. The molecule has 2 nitrogen and oxygen atoms in total. The van der Waals surface area contributed by atoms with Crippen LogP contribution in [0, 0.1) is 0 Å². The first-order valence-electron chi connectivity index (χ1n) is 4.38. The van der Waals surface area contributed by atoms with Crippen LogP contribution in [-0.4, -0.2) is 4.98 Å². The Kier molecular flexibility index (Phi) is 1.37. The van der Waals surface area contributed by atoms with Crippen molar-refractivity contribution in [1.82, 2.24) is 4.98 Å². The first-order chi connectivity index (χ1) is 6.45. The van der Waals surface area contributed by atoms with Crippen molar-refractivity contribution in [2.24, 2.45) is 0 Å². The van der Waals surface area contributed by atoms with Crippen LogP contribution in [0.3, 0.4) is 0 Å². The van der Waals surface area contributed by atoms with E-state index >= 15 is 0 Å². The summed E-state index contributed by atoms with van der Waals surface area (Å²) in [6, 6.07) is 8.25. The van der Waals surface area contributed by atoms with Crippen LogP contribution in [0.25, 0.3) is 10.9 Å². The Morgan fingerprint density at radius 3 is 3.15 bits per heavy atom. The molecule has 0 bridgehead atoms. The Labute approximate surface area is 76.2 Å². The molecule has 1 aliphatic rings. The second-order valence-corrected chi connectivity index (χ2v) is 3.27. The molecule has 2 heteroatoms. The first-order valence-corrected chi connectivity index (χ1v) is 4.38. The monoisotopic (exact) mass is 171 g/mol. The zero-order valence-electron chi connectivity index (χ0n) is 7.16. The topological polar surface area (TPSA) is 22.1 Å². The Morgan fingerprint density at radius 2 is 2.15 bits per heavy atom. The lowest BCUT2D eigenvalue weighted by Gasteiger charge is -2.01. The van der Waals surface area contributed by atoms with Gasteiger partial charge in [0.2, 0.25) is 0 Å². The maximum Gasteiger partial charge on any atom is 0.0731 e. The Hall–Kier alpha value is -1.41. The van der Waals surface area contributed by atoms with Crippen LogP contribution in [0.5, 0.6) is 0 Å². The standard InChI is InChI=1S/C11H9NO/c1-2-9-10-7-13-6-8(10)3-4-11(9)12-5-1/h1-5H,6-7H2. The number of aromatic nitrogens is 1. The van der Waals surface area contributed by atoms with E-state index in [0.29, 0.717) is 0 Å². The van der Waals surface area contributed by atoms with Gasteiger partial charge in [0.25, 0.3) is 0 Å². The molecule has 2 aromatic rings. The number of nitrogens with zero attached hydrogens (tertiary/aromatic N) is 1. The molecule has 1 aliphatic heterocycles. The normalized spacial score (nSPS) is 14.8. The Morgan fingerprint density at radius 1 is 1.15 bits per heavy atom. The van der Waals surface area contributed by atoms with Crippen molar-refractivity contribution < 1.29 is 4.74 Å². The fourth-order valence-corrected chi connectivity index (χ4v) is 1.83. The van der Waals surface area contributed by atoms with Crippen molar-refractivity contribution in [3.05, 3.63) is 41.6 Å². The number of hydrogen-bond donors (Lipinski definition) is 0. The molecule has 1 aromatic carbocycles. The van der Waals surface area contributed by atoms with E-state index in [4.69, 9.17) is 4.74 Å². The SMILES string of the molecule is c1cnc2ccc3c(c2c1)COC3. The number of fused-ring (bicyclic) bond motifs is 3. The molecule has 13 heavy (non-hydrogen) atoms. The van der Waals surface area contributed by atoms with Gasteiger partial charge in [-0.3, -0.25) is 4.98 Å². The molecule has 0 radical (unpaired) electrons. The van der Waals surface area contributed by atoms with Gasteiger partial charge in [0.1, 0.15) is 0 Å². The molecule has 0 fully saturated rings. The van der Waals surface area contributed by atoms with Crippen LogP contribution in [0.4, 0.5) is 0 Å². The summed E-state index contributed by atoms with van der Waals surface area (Å²) in [5.41, 5.74) is 3.68. The Bertz CT molecular complexity index is 465. The maximum absolute atomic E-state index is 5.40. The summed E-state index contributed by atoms with van der Waals surface area (Å²) in [4.78, 5) is 4.30. The summed E-state index contributed by atoms with van der Waals surface area (Å²) >= 11 is 0. The van der Waals surface area contributed by atoms with E-state index < -0.39 is 0 Å². The largest absolute Gasteiger partial charge is 0.372 e. The molecular weight excluding hydrogens is 162 g/mol. The predicted molar refractivity (Wildman–Crippen MR) is 50.2 cm³/mol. The van der Waals surface area contributed by atoms with Crippen molar-refractivity contribution in [2.75, 3.05) is 0 Å². The first kappa shape index (κ1) is 7.04. The van der Waals surface area contributed by atoms with E-state index in [1.54, 1.807) is 0 Å². The van der Waals surface area contributed by atoms with E-state index in [0.717, 1.165) is 18.7 Å². The molecular formula is C11H9NO. The summed E-state index contributed by atoms with van der Waals surface area (Å²) in [6.07, 6.45) is 1.82. The van der Waals surface area contributed by atoms with Crippen molar-refractivity contribution in [3.63, 3.8) is 0 Å². The third-order valence-electron chi connectivity index (χ3n) is 2.50. The van der Waals surface area contributed by atoms with Gasteiger partial charge in [-0.15, -0.1) is 0 Å². The average Bonchev–Trinajstić information content (AvgIpc) is 2.65. The van der Waals surface area contributed by atoms with Crippen LogP contribution >= 0.6 is 0 Å². The molecule has 0 saturated carbocycles. The number of pyridine rings is 1. The lowest BCUT2D eigenvalue weighted by Crippen LogP contribution is -1.86. The number of benzene rings is 1. The molecule has 1 aromatic heterocycles. The number of rotatable bonds is 0. The third kappa shape index (κ3) is 0.956. The third-order valence-corrected chi connectivity index (χ3v) is 2.50. The van der Waals surface area contributed by atoms with Crippen LogP contribution in [0.1, 0.15) is 11.1 Å². The van der Waals surface area contributed by atoms with E-state index in [1.165, 1.54) is 16.5 Å². The molecule has 0 amide bonds. The van der Waals surface area contributed by atoms with Gasteiger partial charge in [-0.25, -0.2) is 0 Å². The molecule has 0 atom stereocenters. The quantitative estimate of drug-likeness (QED) is 0.606. The van der Waals surface area contributed by atoms with Gasteiger partial charge < -0.3 is 4.74 Å². The van der Waals surface area contributed by atoms with Gasteiger partial charge in [0, 0.05) is 11.6 Å². The zero-order chi connectivity index (χ0) is 8.67. The summed E-state index contributed by atoms with van der Waals surface area (Å²) in [5, 5.41) is 1.23. The minimum Gasteiger partial charge on any atom is -0.372 e. The second kappa shape index (κ2) is 2.54. The summed E-state index contributed by atoms with van der Waals surface area (Å²) < 4.78 is 5.40. The molecule has 0 spiro atoms. The minimum atomic E-state index is 0.734. The van der Waals surface area contributed by atoms with E-state index in [9.17, 15) is 0 Å². The molecule has 0 N–H and O–H groups in total. The molecule has 64 valence electrons. The van der Waals surface area contributed by atoms with Crippen molar-refractivity contribution in [1.29, 1.82) is 0 Å². The van der Waals surface area contributed by atoms with Crippen LogP contribution in [0.15, 0.2) is 30.5 Å². The molecule has 2 heterocycles. The summed E-state index contributed by atoms with van der Waals surface area (Å²) in [6.45, 7) is 1.48. The molecule has 0 aliphatic carbocycles. The van der Waals surface area contributed by atoms with Gasteiger partial charge in [-0.05, 0) is 23.3 Å². The Balaban J connectivity index is 2.43. The van der Waals surface area contributed by atoms with Gasteiger partial charge in [0.15, 0.2) is 0 Å². The minimum absolute atomic E-state index is 0.734. The van der Waals surface area contributed by atoms with Crippen LogP contribution in [-0.2, 0) is 18.0 Å². The smallest absolute Gasteiger partial charge is 0.0731 e. The molecule has 0 unspecified atom stereocenters. The summed E-state index contributed by atoms with van der Waals surface area (Å²) in [5.74, 6) is 0.